The van der Waals surface area contributed by atoms with Crippen molar-refractivity contribution in [3.05, 3.63) is 0 Å². The van der Waals surface area contributed by atoms with E-state index >= 15 is 0 Å². The normalized spacial score (nSPS) is 24.2. The lowest BCUT2D eigenvalue weighted by Crippen LogP contribution is -2.48. The minimum Gasteiger partial charge on any atom is -0.479 e. The molecule has 0 bridgehead atoms. The minimum atomic E-state index is -3.22. The summed E-state index contributed by atoms with van der Waals surface area (Å²) in [6.45, 7) is 0.460. The largest absolute Gasteiger partial charge is 0.479 e. The molecule has 0 aromatic rings. The van der Waals surface area contributed by atoms with Gasteiger partial charge in [-0.1, -0.05) is 12.8 Å². The maximum Gasteiger partial charge on any atom is 0.334 e. The second kappa shape index (κ2) is 6.74. The number of ether oxygens (including phenoxy) is 1. The zero-order valence-corrected chi connectivity index (χ0v) is 12.7. The topological polar surface area (TPSA) is 101 Å². The van der Waals surface area contributed by atoms with Gasteiger partial charge in [0.05, 0.1) is 24.2 Å². The van der Waals surface area contributed by atoms with Crippen LogP contribution in [0.4, 0.5) is 0 Å². The highest BCUT2D eigenvalue weighted by Gasteiger charge is 2.32. The Morgan fingerprint density at radius 2 is 1.90 bits per heavy atom. The molecule has 1 aliphatic heterocycles. The molecule has 1 N–H and O–H groups in total. The first kappa shape index (κ1) is 16.2. The summed E-state index contributed by atoms with van der Waals surface area (Å²) in [5.74, 6) is -1.57. The number of carbonyl (C=O) groups is 2. The van der Waals surface area contributed by atoms with Crippen LogP contribution in [0, 0.1) is 0 Å². The van der Waals surface area contributed by atoms with Crippen molar-refractivity contribution in [1.82, 2.24) is 4.90 Å². The number of carboxylic acid groups (broad SMARTS) is 1. The molecule has 21 heavy (non-hydrogen) atoms. The van der Waals surface area contributed by atoms with Crippen LogP contribution in [0.25, 0.3) is 0 Å². The van der Waals surface area contributed by atoms with E-state index in [-0.39, 0.29) is 36.5 Å². The Bertz CT molecular complexity index is 497. The van der Waals surface area contributed by atoms with Crippen LogP contribution in [-0.4, -0.2) is 67.1 Å². The van der Waals surface area contributed by atoms with Crippen molar-refractivity contribution in [3.8, 4) is 0 Å². The molecule has 1 saturated heterocycles. The first-order valence-corrected chi connectivity index (χ1v) is 8.95. The highest BCUT2D eigenvalue weighted by molar-refractivity contribution is 7.92. The van der Waals surface area contributed by atoms with E-state index in [1.54, 1.807) is 0 Å². The van der Waals surface area contributed by atoms with Crippen LogP contribution in [0.15, 0.2) is 0 Å². The fourth-order valence-corrected chi connectivity index (χ4v) is 4.67. The molecule has 0 aromatic heterocycles. The summed E-state index contributed by atoms with van der Waals surface area (Å²) in [5, 5.41) is 8.58. The van der Waals surface area contributed by atoms with Crippen LogP contribution in [0.3, 0.4) is 0 Å². The van der Waals surface area contributed by atoms with Gasteiger partial charge in [0.25, 0.3) is 0 Å². The molecule has 2 fully saturated rings. The molecule has 1 saturated carbocycles. The number of amides is 1. The van der Waals surface area contributed by atoms with Crippen molar-refractivity contribution < 1.29 is 27.9 Å². The minimum absolute atomic E-state index is 0.0162. The lowest BCUT2D eigenvalue weighted by atomic mass is 10.2. The third-order valence-electron chi connectivity index (χ3n) is 4.11. The number of rotatable bonds is 5. The second-order valence-corrected chi connectivity index (χ2v) is 7.96. The van der Waals surface area contributed by atoms with E-state index in [1.807, 2.05) is 0 Å². The van der Waals surface area contributed by atoms with Crippen LogP contribution >= 0.6 is 0 Å². The Hall–Kier alpha value is -1.15. The predicted octanol–water partition coefficient (Wildman–Crippen LogP) is 0.0459. The summed E-state index contributed by atoms with van der Waals surface area (Å²) in [7, 11) is -3.22. The average Bonchev–Trinajstić information content (AvgIpc) is 3.00. The molecule has 2 rings (SSSR count). The number of aliphatic carboxylic acids is 1. The quantitative estimate of drug-likeness (QED) is 0.768. The van der Waals surface area contributed by atoms with Gasteiger partial charge in [0, 0.05) is 13.0 Å². The van der Waals surface area contributed by atoms with Gasteiger partial charge in [-0.2, -0.15) is 0 Å². The molecule has 1 heterocycles. The highest BCUT2D eigenvalue weighted by atomic mass is 32.2. The maximum absolute atomic E-state index is 12.1. The van der Waals surface area contributed by atoms with Crippen LogP contribution in [0.2, 0.25) is 0 Å². The van der Waals surface area contributed by atoms with E-state index in [0.29, 0.717) is 19.4 Å². The van der Waals surface area contributed by atoms with Crippen molar-refractivity contribution in [2.24, 2.45) is 0 Å². The Balaban J connectivity index is 1.85. The number of nitrogens with zero attached hydrogens (tertiary/aromatic N) is 1. The smallest absolute Gasteiger partial charge is 0.334 e. The van der Waals surface area contributed by atoms with Crippen molar-refractivity contribution in [1.29, 1.82) is 0 Å². The van der Waals surface area contributed by atoms with E-state index < -0.39 is 21.9 Å². The number of hydrogen-bond acceptors (Lipinski definition) is 5. The monoisotopic (exact) mass is 319 g/mol. The second-order valence-electron chi connectivity index (χ2n) is 5.56. The zero-order valence-electron chi connectivity index (χ0n) is 11.9. The van der Waals surface area contributed by atoms with Crippen LogP contribution < -0.4 is 0 Å². The summed E-state index contributed by atoms with van der Waals surface area (Å²) in [5.41, 5.74) is 0. The molecule has 0 radical (unpaired) electrons. The molecule has 1 amide bonds. The summed E-state index contributed by atoms with van der Waals surface area (Å²) in [6, 6.07) is 0. The lowest BCUT2D eigenvalue weighted by molar-refractivity contribution is -0.159. The summed E-state index contributed by atoms with van der Waals surface area (Å²) in [4.78, 5) is 24.3. The Morgan fingerprint density at radius 1 is 1.24 bits per heavy atom. The van der Waals surface area contributed by atoms with Gasteiger partial charge in [-0.15, -0.1) is 0 Å². The molecule has 0 unspecified atom stereocenters. The lowest BCUT2D eigenvalue weighted by Gasteiger charge is -2.31. The molecule has 0 aromatic carbocycles. The SMILES string of the molecule is O=C(O)[C@H]1CN(C(=O)CCS(=O)(=O)C2CCCC2)CCO1. The van der Waals surface area contributed by atoms with Gasteiger partial charge in [0.2, 0.25) is 5.91 Å². The molecule has 7 nitrogen and oxygen atoms in total. The summed E-state index contributed by atoms with van der Waals surface area (Å²) < 4.78 is 29.2. The van der Waals surface area contributed by atoms with Crippen molar-refractivity contribution >= 4 is 21.7 Å². The van der Waals surface area contributed by atoms with Gasteiger partial charge in [0.1, 0.15) is 0 Å². The number of morpholine rings is 1. The third-order valence-corrected chi connectivity index (χ3v) is 6.37. The van der Waals surface area contributed by atoms with Crippen LogP contribution in [0.5, 0.6) is 0 Å². The highest BCUT2D eigenvalue weighted by Crippen LogP contribution is 2.25. The molecular formula is C13H21NO6S. The molecular weight excluding hydrogens is 298 g/mol. The number of sulfone groups is 1. The standard InChI is InChI=1S/C13H21NO6S/c15-12(14-6-7-20-11(9-14)13(16)17)5-8-21(18,19)10-3-1-2-4-10/h10-11H,1-9H2,(H,16,17)/t11-/m1/s1. The van der Waals surface area contributed by atoms with E-state index in [4.69, 9.17) is 9.84 Å². The first-order valence-electron chi connectivity index (χ1n) is 7.24. The van der Waals surface area contributed by atoms with Crippen LogP contribution in [0.1, 0.15) is 32.1 Å². The molecule has 1 aliphatic carbocycles. The fraction of sp³-hybridized carbons (Fsp3) is 0.846. The van der Waals surface area contributed by atoms with E-state index in [2.05, 4.69) is 0 Å². The van der Waals surface area contributed by atoms with E-state index in [1.165, 1.54) is 4.90 Å². The Morgan fingerprint density at radius 3 is 2.52 bits per heavy atom. The van der Waals surface area contributed by atoms with Crippen LogP contribution in [-0.2, 0) is 24.2 Å². The zero-order chi connectivity index (χ0) is 15.5. The number of hydrogen-bond donors (Lipinski definition) is 1. The number of carboxylic acids is 1. The van der Waals surface area contributed by atoms with E-state index in [0.717, 1.165) is 12.8 Å². The molecule has 8 heteroatoms. The van der Waals surface area contributed by atoms with Gasteiger partial charge in [0.15, 0.2) is 15.9 Å². The van der Waals surface area contributed by atoms with Gasteiger partial charge in [-0.3, -0.25) is 4.79 Å². The van der Waals surface area contributed by atoms with Gasteiger partial charge >= 0.3 is 5.97 Å². The molecule has 1 atom stereocenters. The van der Waals surface area contributed by atoms with Gasteiger partial charge in [-0.25, -0.2) is 13.2 Å². The molecule has 120 valence electrons. The van der Waals surface area contributed by atoms with Crippen molar-refractivity contribution in [2.75, 3.05) is 25.4 Å². The summed E-state index contributed by atoms with van der Waals surface area (Å²) in [6.07, 6.45) is 2.15. The van der Waals surface area contributed by atoms with Gasteiger partial charge < -0.3 is 14.7 Å². The van der Waals surface area contributed by atoms with Gasteiger partial charge in [-0.05, 0) is 12.8 Å². The summed E-state index contributed by atoms with van der Waals surface area (Å²) >= 11 is 0. The number of carbonyl (C=O) groups excluding carboxylic acids is 1. The molecule has 2 aliphatic rings. The first-order chi connectivity index (χ1) is 9.90. The average molecular weight is 319 g/mol. The van der Waals surface area contributed by atoms with E-state index in [9.17, 15) is 18.0 Å². The van der Waals surface area contributed by atoms with Crippen molar-refractivity contribution in [3.63, 3.8) is 0 Å². The Kier molecular flexibility index (Phi) is 5.21. The maximum atomic E-state index is 12.1. The third kappa shape index (κ3) is 4.16. The predicted molar refractivity (Wildman–Crippen MR) is 74.6 cm³/mol. The Labute approximate surface area is 124 Å². The fourth-order valence-electron chi connectivity index (χ4n) is 2.83. The van der Waals surface area contributed by atoms with Crippen molar-refractivity contribution in [2.45, 2.75) is 43.5 Å². The molecule has 0 spiro atoms.